The minimum Gasteiger partial charge on any atom is -0.395 e. The third-order valence-corrected chi connectivity index (χ3v) is 3.28. The highest BCUT2D eigenvalue weighted by molar-refractivity contribution is 5.46. The van der Waals surface area contributed by atoms with Crippen LogP contribution in [0.15, 0.2) is 18.2 Å². The van der Waals surface area contributed by atoms with E-state index in [1.54, 1.807) is 6.07 Å². The smallest absolute Gasteiger partial charge is 0.395 e. The average molecular weight is 257 g/mol. The Morgan fingerprint density at radius 3 is 2.61 bits per heavy atom. The van der Waals surface area contributed by atoms with Gasteiger partial charge in [-0.15, -0.1) is 8.78 Å². The zero-order valence-corrected chi connectivity index (χ0v) is 9.48. The van der Waals surface area contributed by atoms with Crippen LogP contribution in [0.25, 0.3) is 0 Å². The molecule has 2 atom stereocenters. The monoisotopic (exact) mass is 257 g/mol. The number of aliphatic hydroxyl groups is 1. The van der Waals surface area contributed by atoms with Crippen molar-refractivity contribution >= 4 is 0 Å². The van der Waals surface area contributed by atoms with Gasteiger partial charge >= 0.3 is 6.29 Å². The van der Waals surface area contributed by atoms with Crippen LogP contribution in [0.2, 0.25) is 0 Å². The molecule has 3 rings (SSSR count). The van der Waals surface area contributed by atoms with E-state index in [1.165, 1.54) is 12.1 Å². The van der Waals surface area contributed by atoms with Crippen LogP contribution in [0.1, 0.15) is 24.4 Å². The Morgan fingerprint density at radius 2 is 1.94 bits per heavy atom. The molecule has 4 nitrogen and oxygen atoms in total. The Balaban J connectivity index is 1.83. The fourth-order valence-corrected chi connectivity index (χ4v) is 2.10. The van der Waals surface area contributed by atoms with E-state index in [2.05, 4.69) is 9.47 Å². The quantitative estimate of drug-likeness (QED) is 0.866. The maximum Gasteiger partial charge on any atom is 0.586 e. The van der Waals surface area contributed by atoms with Crippen LogP contribution < -0.4 is 15.2 Å². The molecule has 18 heavy (non-hydrogen) atoms. The predicted molar refractivity (Wildman–Crippen MR) is 58.3 cm³/mol. The van der Waals surface area contributed by atoms with Crippen molar-refractivity contribution in [2.45, 2.75) is 31.3 Å². The Morgan fingerprint density at radius 1 is 1.28 bits per heavy atom. The van der Waals surface area contributed by atoms with Gasteiger partial charge in [0.15, 0.2) is 11.5 Å². The van der Waals surface area contributed by atoms with Crippen molar-refractivity contribution < 1.29 is 23.4 Å². The van der Waals surface area contributed by atoms with Crippen LogP contribution in [0.5, 0.6) is 11.5 Å². The molecule has 0 amide bonds. The number of hydrogen-bond acceptors (Lipinski definition) is 4. The van der Waals surface area contributed by atoms with Crippen LogP contribution >= 0.6 is 0 Å². The lowest BCUT2D eigenvalue weighted by atomic mass is 9.99. The van der Waals surface area contributed by atoms with Crippen molar-refractivity contribution in [1.29, 1.82) is 0 Å². The number of benzene rings is 1. The maximum atomic E-state index is 12.8. The lowest BCUT2D eigenvalue weighted by Gasteiger charge is -2.18. The average Bonchev–Trinajstić information content (AvgIpc) is 3.08. The third-order valence-electron chi connectivity index (χ3n) is 3.28. The summed E-state index contributed by atoms with van der Waals surface area (Å²) in [6, 6.07) is 3.75. The topological polar surface area (TPSA) is 64.7 Å². The Bertz CT molecular complexity index is 476. The molecule has 1 heterocycles. The molecule has 1 saturated carbocycles. The van der Waals surface area contributed by atoms with Crippen molar-refractivity contribution in [3.8, 4) is 11.5 Å². The summed E-state index contributed by atoms with van der Waals surface area (Å²) in [6.07, 6.45) is -2.36. The van der Waals surface area contributed by atoms with Gasteiger partial charge < -0.3 is 20.3 Å². The van der Waals surface area contributed by atoms with Crippen molar-refractivity contribution in [1.82, 2.24) is 0 Å². The van der Waals surface area contributed by atoms with Crippen LogP contribution in [0, 0.1) is 5.92 Å². The minimum absolute atomic E-state index is 0.0168. The molecule has 2 aliphatic rings. The van der Waals surface area contributed by atoms with Gasteiger partial charge in [0.25, 0.3) is 0 Å². The zero-order valence-electron chi connectivity index (χ0n) is 9.48. The van der Waals surface area contributed by atoms with E-state index in [0.29, 0.717) is 5.56 Å². The van der Waals surface area contributed by atoms with Crippen LogP contribution in [-0.4, -0.2) is 17.5 Å². The number of halogens is 2. The van der Waals surface area contributed by atoms with E-state index in [-0.39, 0.29) is 17.4 Å². The van der Waals surface area contributed by atoms with Crippen LogP contribution in [0.4, 0.5) is 8.78 Å². The first kappa shape index (κ1) is 11.7. The zero-order chi connectivity index (χ0) is 12.9. The van der Waals surface area contributed by atoms with Gasteiger partial charge in [0.05, 0.1) is 12.1 Å². The summed E-state index contributed by atoms with van der Waals surface area (Å²) in [6.45, 7) is 0. The molecule has 0 aromatic heterocycles. The SMILES string of the molecule is N[C@@H](c1ccc2c(c1)OC(F)(F)O2)[C@H](O)C1CC1. The first-order valence-corrected chi connectivity index (χ1v) is 5.80. The van der Waals surface area contributed by atoms with Gasteiger partial charge in [-0.1, -0.05) is 6.07 Å². The highest BCUT2D eigenvalue weighted by atomic mass is 19.3. The Hall–Kier alpha value is -1.40. The van der Waals surface area contributed by atoms with Crippen LogP contribution in [-0.2, 0) is 0 Å². The van der Waals surface area contributed by atoms with Gasteiger partial charge in [0.2, 0.25) is 0 Å². The summed E-state index contributed by atoms with van der Waals surface area (Å²) in [5.74, 6) is 0.152. The Kier molecular flexibility index (Phi) is 2.46. The standard InChI is InChI=1S/C12H13F2NO3/c13-12(14)17-8-4-3-7(5-9(8)18-12)10(15)11(16)6-1-2-6/h3-6,10-11,16H,1-2,15H2/t10-,11+/m0/s1. The van der Waals surface area contributed by atoms with Gasteiger partial charge in [-0.3, -0.25) is 0 Å². The van der Waals surface area contributed by atoms with E-state index in [0.717, 1.165) is 12.8 Å². The van der Waals surface area contributed by atoms with E-state index in [1.807, 2.05) is 0 Å². The number of ether oxygens (including phenoxy) is 2. The first-order valence-electron chi connectivity index (χ1n) is 5.80. The fraction of sp³-hybridized carbons (Fsp3) is 0.500. The molecule has 0 spiro atoms. The highest BCUT2D eigenvalue weighted by Crippen LogP contribution is 2.43. The number of nitrogens with two attached hydrogens (primary N) is 1. The second kappa shape index (κ2) is 3.80. The van der Waals surface area contributed by atoms with E-state index >= 15 is 0 Å². The third kappa shape index (κ3) is 2.02. The number of aliphatic hydroxyl groups excluding tert-OH is 1. The molecule has 0 bridgehead atoms. The van der Waals surface area contributed by atoms with Gasteiger partial charge in [-0.25, -0.2) is 0 Å². The molecular formula is C12H13F2NO3. The lowest BCUT2D eigenvalue weighted by Crippen LogP contribution is -2.27. The molecule has 6 heteroatoms. The predicted octanol–water partition coefficient (Wildman–Crippen LogP) is 1.78. The second-order valence-electron chi connectivity index (χ2n) is 4.73. The molecule has 98 valence electrons. The number of alkyl halides is 2. The number of hydrogen-bond donors (Lipinski definition) is 2. The number of rotatable bonds is 3. The van der Waals surface area contributed by atoms with Crippen LogP contribution in [0.3, 0.4) is 0 Å². The fourth-order valence-electron chi connectivity index (χ4n) is 2.10. The molecule has 1 aromatic rings. The minimum atomic E-state index is -3.62. The summed E-state index contributed by atoms with van der Waals surface area (Å²) < 4.78 is 34.3. The van der Waals surface area contributed by atoms with Gasteiger partial charge in [-0.2, -0.15) is 0 Å². The molecule has 1 fully saturated rings. The summed E-state index contributed by atoms with van der Waals surface area (Å²) in [4.78, 5) is 0. The number of fused-ring (bicyclic) bond motifs is 1. The first-order chi connectivity index (χ1) is 8.46. The van der Waals surface area contributed by atoms with E-state index in [4.69, 9.17) is 5.73 Å². The van der Waals surface area contributed by atoms with Gasteiger partial charge in [0.1, 0.15) is 0 Å². The van der Waals surface area contributed by atoms with E-state index < -0.39 is 18.4 Å². The molecular weight excluding hydrogens is 244 g/mol. The normalized spacial score (nSPS) is 23.8. The largest absolute Gasteiger partial charge is 0.586 e. The van der Waals surface area contributed by atoms with E-state index in [9.17, 15) is 13.9 Å². The highest BCUT2D eigenvalue weighted by Gasteiger charge is 2.44. The second-order valence-corrected chi connectivity index (χ2v) is 4.73. The van der Waals surface area contributed by atoms with Gasteiger partial charge in [-0.05, 0) is 36.5 Å². The molecule has 1 aliphatic carbocycles. The van der Waals surface area contributed by atoms with Gasteiger partial charge in [0, 0.05) is 0 Å². The summed E-state index contributed by atoms with van der Waals surface area (Å²) in [5, 5.41) is 9.92. The summed E-state index contributed by atoms with van der Waals surface area (Å²) in [5.41, 5.74) is 6.47. The molecule has 0 radical (unpaired) electrons. The molecule has 0 saturated heterocycles. The van der Waals surface area contributed by atoms with Crippen molar-refractivity contribution in [3.05, 3.63) is 23.8 Å². The van der Waals surface area contributed by atoms with Crippen molar-refractivity contribution in [2.75, 3.05) is 0 Å². The van der Waals surface area contributed by atoms with Crippen molar-refractivity contribution in [2.24, 2.45) is 11.7 Å². The molecule has 3 N–H and O–H groups in total. The summed E-state index contributed by atoms with van der Waals surface area (Å²) in [7, 11) is 0. The maximum absolute atomic E-state index is 12.8. The summed E-state index contributed by atoms with van der Waals surface area (Å²) >= 11 is 0. The lowest BCUT2D eigenvalue weighted by molar-refractivity contribution is -0.286. The molecule has 1 aliphatic heterocycles. The molecule has 0 unspecified atom stereocenters. The van der Waals surface area contributed by atoms with Crippen molar-refractivity contribution in [3.63, 3.8) is 0 Å². The Labute approximate surface area is 102 Å². The molecule has 1 aromatic carbocycles.